The number of nitrogens with zero attached hydrogens (tertiary/aromatic N) is 3. The molecule has 1 aromatic carbocycles. The number of halogens is 1. The molecule has 1 saturated heterocycles. The van der Waals surface area contributed by atoms with Crippen molar-refractivity contribution in [3.8, 4) is 0 Å². The summed E-state index contributed by atoms with van der Waals surface area (Å²) < 4.78 is 10.8. The highest BCUT2D eigenvalue weighted by Crippen LogP contribution is 2.34. The van der Waals surface area contributed by atoms with Crippen LogP contribution in [0.15, 0.2) is 52.2 Å². The Morgan fingerprint density at radius 3 is 2.56 bits per heavy atom. The number of piperidine rings is 1. The molecule has 8 heteroatoms. The fourth-order valence-corrected chi connectivity index (χ4v) is 4.49. The zero-order valence-corrected chi connectivity index (χ0v) is 19.1. The molecule has 1 aromatic heterocycles. The van der Waals surface area contributed by atoms with Gasteiger partial charge in [-0.3, -0.25) is 14.5 Å². The lowest BCUT2D eigenvalue weighted by Crippen LogP contribution is -2.49. The van der Waals surface area contributed by atoms with Crippen LogP contribution >= 0.6 is 11.6 Å². The first-order chi connectivity index (χ1) is 15.5. The molecule has 0 saturated carbocycles. The molecule has 2 unspecified atom stereocenters. The Morgan fingerprint density at radius 2 is 1.94 bits per heavy atom. The van der Waals surface area contributed by atoms with Gasteiger partial charge in [-0.25, -0.2) is 5.01 Å². The Kier molecular flexibility index (Phi) is 6.96. The first kappa shape index (κ1) is 22.6. The second-order valence-corrected chi connectivity index (χ2v) is 8.65. The van der Waals surface area contributed by atoms with Crippen molar-refractivity contribution >= 4 is 29.2 Å². The minimum atomic E-state index is -0.357. The predicted octanol–water partition coefficient (Wildman–Crippen LogP) is 4.27. The zero-order chi connectivity index (χ0) is 22.7. The summed E-state index contributed by atoms with van der Waals surface area (Å²) in [4.78, 5) is 27.7. The van der Waals surface area contributed by atoms with Crippen LogP contribution in [-0.4, -0.2) is 53.2 Å². The van der Waals surface area contributed by atoms with Gasteiger partial charge in [0.1, 0.15) is 11.8 Å². The van der Waals surface area contributed by atoms with Gasteiger partial charge in [0.05, 0.1) is 30.5 Å². The van der Waals surface area contributed by atoms with E-state index < -0.39 is 0 Å². The minimum Gasteiger partial charge on any atom is -0.467 e. The Labute approximate surface area is 193 Å². The number of amides is 1. The van der Waals surface area contributed by atoms with Gasteiger partial charge >= 0.3 is 5.97 Å². The number of carbonyl (C=O) groups excluding carboxylic acids is 2. The molecule has 1 fully saturated rings. The van der Waals surface area contributed by atoms with E-state index in [0.29, 0.717) is 49.7 Å². The zero-order valence-electron chi connectivity index (χ0n) is 18.4. The number of esters is 1. The van der Waals surface area contributed by atoms with Gasteiger partial charge in [0.25, 0.3) is 5.91 Å². The first-order valence-electron chi connectivity index (χ1n) is 11.1. The fraction of sp³-hybridized carbons (Fsp3) is 0.458. The summed E-state index contributed by atoms with van der Waals surface area (Å²) in [5.74, 6) is 0.399. The van der Waals surface area contributed by atoms with Gasteiger partial charge in [-0.15, -0.1) is 0 Å². The van der Waals surface area contributed by atoms with Gasteiger partial charge in [0.15, 0.2) is 0 Å². The molecule has 1 amide bonds. The summed E-state index contributed by atoms with van der Waals surface area (Å²) >= 11 is 6.03. The number of carbonyl (C=O) groups is 2. The molecule has 2 aliphatic rings. The lowest BCUT2D eigenvalue weighted by molar-refractivity contribution is -0.150. The monoisotopic (exact) mass is 457 g/mol. The van der Waals surface area contributed by atoms with Crippen molar-refractivity contribution in [2.75, 3.05) is 19.7 Å². The molecule has 2 aromatic rings. The van der Waals surface area contributed by atoms with Crippen molar-refractivity contribution in [1.29, 1.82) is 0 Å². The number of benzene rings is 1. The largest absolute Gasteiger partial charge is 0.467 e. The number of hydrogen-bond acceptors (Lipinski definition) is 6. The van der Waals surface area contributed by atoms with E-state index in [2.05, 4.69) is 4.90 Å². The summed E-state index contributed by atoms with van der Waals surface area (Å²) in [5.41, 5.74) is 1.76. The summed E-state index contributed by atoms with van der Waals surface area (Å²) in [5, 5.41) is 6.92. The van der Waals surface area contributed by atoms with Crippen LogP contribution in [0.1, 0.15) is 50.5 Å². The van der Waals surface area contributed by atoms with E-state index in [0.717, 1.165) is 11.3 Å². The van der Waals surface area contributed by atoms with Crippen molar-refractivity contribution in [3.05, 3.63) is 59.0 Å². The number of ether oxygens (including phenoxy) is 1. The average Bonchev–Trinajstić information content (AvgIpc) is 3.49. The predicted molar refractivity (Wildman–Crippen MR) is 121 cm³/mol. The molecule has 7 nitrogen and oxygen atoms in total. The van der Waals surface area contributed by atoms with Crippen LogP contribution in [0.25, 0.3) is 0 Å². The van der Waals surface area contributed by atoms with Crippen LogP contribution in [0.2, 0.25) is 5.02 Å². The quantitative estimate of drug-likeness (QED) is 0.605. The molecule has 0 radical (unpaired) electrons. The topological polar surface area (TPSA) is 75.3 Å². The van der Waals surface area contributed by atoms with Gasteiger partial charge in [-0.2, -0.15) is 5.10 Å². The van der Waals surface area contributed by atoms with E-state index in [1.54, 1.807) is 11.3 Å². The normalized spacial score (nSPS) is 20.8. The minimum absolute atomic E-state index is 0.0788. The number of hydrogen-bond donors (Lipinski definition) is 0. The van der Waals surface area contributed by atoms with Gasteiger partial charge in [-0.05, 0) is 69.6 Å². The van der Waals surface area contributed by atoms with Crippen molar-refractivity contribution in [3.63, 3.8) is 0 Å². The molecule has 32 heavy (non-hydrogen) atoms. The Hall–Kier alpha value is -2.64. The van der Waals surface area contributed by atoms with Crippen LogP contribution in [0.3, 0.4) is 0 Å². The maximum absolute atomic E-state index is 13.5. The smallest absolute Gasteiger partial charge is 0.309 e. The Balaban J connectivity index is 1.49. The van der Waals surface area contributed by atoms with Crippen LogP contribution in [0.4, 0.5) is 0 Å². The highest BCUT2D eigenvalue weighted by molar-refractivity contribution is 6.30. The Morgan fingerprint density at radius 1 is 1.22 bits per heavy atom. The highest BCUT2D eigenvalue weighted by atomic mass is 35.5. The number of likely N-dealkylation sites (tertiary alicyclic amines) is 1. The number of furan rings is 1. The van der Waals surface area contributed by atoms with E-state index in [-0.39, 0.29) is 29.9 Å². The molecule has 2 atom stereocenters. The van der Waals surface area contributed by atoms with Gasteiger partial charge < -0.3 is 9.15 Å². The molecule has 0 spiro atoms. The van der Waals surface area contributed by atoms with Crippen molar-refractivity contribution in [1.82, 2.24) is 9.91 Å². The van der Waals surface area contributed by atoms with Crippen LogP contribution in [0, 0.1) is 5.92 Å². The highest BCUT2D eigenvalue weighted by Gasteiger charge is 2.39. The maximum Gasteiger partial charge on any atom is 0.309 e. The maximum atomic E-state index is 13.5. The first-order valence-corrected chi connectivity index (χ1v) is 11.5. The Bertz CT molecular complexity index is 966. The summed E-state index contributed by atoms with van der Waals surface area (Å²) in [6.07, 6.45) is 3.56. The van der Waals surface area contributed by atoms with E-state index in [1.165, 1.54) is 0 Å². The van der Waals surface area contributed by atoms with Crippen LogP contribution in [-0.2, 0) is 14.3 Å². The molecule has 0 aliphatic carbocycles. The number of rotatable bonds is 6. The third-order valence-electron chi connectivity index (χ3n) is 6.24. The van der Waals surface area contributed by atoms with Crippen molar-refractivity contribution in [2.24, 2.45) is 11.0 Å². The number of hydrazone groups is 1. The van der Waals surface area contributed by atoms with E-state index in [1.807, 2.05) is 50.2 Å². The molecular formula is C24H28ClN3O4. The lowest BCUT2D eigenvalue weighted by atomic mass is 9.96. The standard InChI is InChI=1S/C24H28ClN3O4/c1-3-31-24(30)18-10-12-27(13-11-18)16(2)23(29)28-21(22-5-4-14-32-22)15-20(26-28)17-6-8-19(25)9-7-17/h4-9,14,16,18,21H,3,10-13,15H2,1-2H3. The lowest BCUT2D eigenvalue weighted by Gasteiger charge is -2.36. The second-order valence-electron chi connectivity index (χ2n) is 8.21. The van der Waals surface area contributed by atoms with Gasteiger partial charge in [0, 0.05) is 11.4 Å². The molecule has 2 aliphatic heterocycles. The molecule has 0 bridgehead atoms. The summed E-state index contributed by atoms with van der Waals surface area (Å²) in [7, 11) is 0. The van der Waals surface area contributed by atoms with Crippen LogP contribution < -0.4 is 0 Å². The fourth-order valence-electron chi connectivity index (χ4n) is 4.36. The third kappa shape index (κ3) is 4.74. The molecular weight excluding hydrogens is 430 g/mol. The van der Waals surface area contributed by atoms with Crippen molar-refractivity contribution < 1.29 is 18.7 Å². The molecule has 4 rings (SSSR count). The van der Waals surface area contributed by atoms with E-state index in [9.17, 15) is 9.59 Å². The molecule has 3 heterocycles. The van der Waals surface area contributed by atoms with E-state index >= 15 is 0 Å². The SMILES string of the molecule is CCOC(=O)C1CCN(C(C)C(=O)N2N=C(c3ccc(Cl)cc3)CC2c2ccco2)CC1. The summed E-state index contributed by atoms with van der Waals surface area (Å²) in [6.45, 7) is 5.46. The van der Waals surface area contributed by atoms with Gasteiger partial charge in [0.2, 0.25) is 0 Å². The second kappa shape index (κ2) is 9.88. The average molecular weight is 458 g/mol. The van der Waals surface area contributed by atoms with E-state index in [4.69, 9.17) is 25.9 Å². The summed E-state index contributed by atoms with van der Waals surface area (Å²) in [6, 6.07) is 10.5. The van der Waals surface area contributed by atoms with Gasteiger partial charge in [-0.1, -0.05) is 23.7 Å². The third-order valence-corrected chi connectivity index (χ3v) is 6.49. The van der Waals surface area contributed by atoms with Crippen LogP contribution in [0.5, 0.6) is 0 Å². The molecule has 0 N–H and O–H groups in total. The van der Waals surface area contributed by atoms with Crippen molar-refractivity contribution in [2.45, 2.75) is 45.2 Å². The molecule has 170 valence electrons.